The lowest BCUT2D eigenvalue weighted by molar-refractivity contribution is 0.396. The van der Waals surface area contributed by atoms with Crippen molar-refractivity contribution in [3.8, 4) is 5.88 Å². The number of nitrogens with zero attached hydrogens (tertiary/aromatic N) is 1. The second-order valence-electron chi connectivity index (χ2n) is 3.66. The van der Waals surface area contributed by atoms with E-state index in [4.69, 9.17) is 16.3 Å². The van der Waals surface area contributed by atoms with Crippen LogP contribution in [0.25, 0.3) is 5.57 Å². The van der Waals surface area contributed by atoms with E-state index in [9.17, 15) is 0 Å². The molecule has 1 aliphatic rings. The molecule has 0 saturated carbocycles. The number of rotatable bonds is 2. The summed E-state index contributed by atoms with van der Waals surface area (Å²) in [4.78, 5) is 4.19. The van der Waals surface area contributed by atoms with E-state index in [1.807, 2.05) is 12.1 Å². The summed E-state index contributed by atoms with van der Waals surface area (Å²) in [6.07, 6.45) is 7.12. The molecule has 1 atom stereocenters. The number of ether oxygens (including phenoxy) is 1. The number of halogens is 1. The Kier molecular flexibility index (Phi) is 3.27. The maximum absolute atomic E-state index is 6.12. The molecule has 0 N–H and O–H groups in total. The number of alkyl halides is 1. The highest BCUT2D eigenvalue weighted by Crippen LogP contribution is 2.32. The van der Waals surface area contributed by atoms with Gasteiger partial charge >= 0.3 is 0 Å². The van der Waals surface area contributed by atoms with Crippen LogP contribution < -0.4 is 4.74 Å². The molecule has 0 aromatic carbocycles. The Morgan fingerprint density at radius 1 is 1.53 bits per heavy atom. The maximum Gasteiger partial charge on any atom is 0.220 e. The van der Waals surface area contributed by atoms with Gasteiger partial charge in [0.1, 0.15) is 0 Å². The van der Waals surface area contributed by atoms with Gasteiger partial charge in [-0.1, -0.05) is 6.08 Å². The van der Waals surface area contributed by atoms with E-state index >= 15 is 0 Å². The second-order valence-corrected chi connectivity index (χ2v) is 4.22. The average molecular weight is 224 g/mol. The van der Waals surface area contributed by atoms with Crippen LogP contribution in [0.5, 0.6) is 5.88 Å². The molecule has 1 aromatic heterocycles. The lowest BCUT2D eigenvalue weighted by atomic mass is 9.94. The predicted molar refractivity (Wildman–Crippen MR) is 62.3 cm³/mol. The van der Waals surface area contributed by atoms with Crippen LogP contribution in [-0.4, -0.2) is 17.5 Å². The van der Waals surface area contributed by atoms with Gasteiger partial charge in [0, 0.05) is 11.8 Å². The molecular formula is C12H14ClNO. The maximum atomic E-state index is 6.12. The van der Waals surface area contributed by atoms with Gasteiger partial charge in [0.15, 0.2) is 0 Å². The molecule has 2 rings (SSSR count). The van der Waals surface area contributed by atoms with Crippen LogP contribution in [0.3, 0.4) is 0 Å². The zero-order valence-corrected chi connectivity index (χ0v) is 9.50. The molecule has 0 amide bonds. The van der Waals surface area contributed by atoms with Crippen molar-refractivity contribution in [2.45, 2.75) is 24.6 Å². The summed E-state index contributed by atoms with van der Waals surface area (Å²) >= 11 is 6.12. The highest BCUT2D eigenvalue weighted by molar-refractivity contribution is 6.22. The van der Waals surface area contributed by atoms with Crippen molar-refractivity contribution < 1.29 is 4.74 Å². The Balaban J connectivity index is 2.36. The summed E-state index contributed by atoms with van der Waals surface area (Å²) in [7, 11) is 1.65. The third-order valence-corrected chi connectivity index (χ3v) is 2.96. The SMILES string of the molecule is COc1ncccc1C1=CC(Cl)CCC1. The van der Waals surface area contributed by atoms with Crippen LogP contribution in [0.2, 0.25) is 0 Å². The number of hydrogen-bond acceptors (Lipinski definition) is 2. The molecular weight excluding hydrogens is 210 g/mol. The van der Waals surface area contributed by atoms with Crippen molar-refractivity contribution in [1.29, 1.82) is 0 Å². The first-order valence-electron chi connectivity index (χ1n) is 5.15. The molecule has 0 radical (unpaired) electrons. The van der Waals surface area contributed by atoms with E-state index in [2.05, 4.69) is 11.1 Å². The Bertz CT molecular complexity index is 376. The average Bonchev–Trinajstić information content (AvgIpc) is 2.29. The van der Waals surface area contributed by atoms with Crippen LogP contribution in [-0.2, 0) is 0 Å². The summed E-state index contributed by atoms with van der Waals surface area (Å²) in [5, 5.41) is 0.152. The first-order chi connectivity index (χ1) is 7.31. The van der Waals surface area contributed by atoms with Gasteiger partial charge < -0.3 is 4.74 Å². The molecule has 1 unspecified atom stereocenters. The predicted octanol–water partition coefficient (Wildman–Crippen LogP) is 3.26. The van der Waals surface area contributed by atoms with Crippen molar-refractivity contribution in [3.05, 3.63) is 30.0 Å². The molecule has 0 bridgehead atoms. The van der Waals surface area contributed by atoms with Crippen LogP contribution in [0.15, 0.2) is 24.4 Å². The Morgan fingerprint density at radius 2 is 2.40 bits per heavy atom. The van der Waals surface area contributed by atoms with E-state index in [1.165, 1.54) is 5.57 Å². The third-order valence-electron chi connectivity index (χ3n) is 2.62. The molecule has 80 valence electrons. The number of methoxy groups -OCH3 is 1. The largest absolute Gasteiger partial charge is 0.481 e. The minimum atomic E-state index is 0.152. The van der Waals surface area contributed by atoms with Gasteiger partial charge in [0.05, 0.1) is 12.5 Å². The molecule has 0 fully saturated rings. The minimum Gasteiger partial charge on any atom is -0.481 e. The van der Waals surface area contributed by atoms with Crippen LogP contribution in [0.1, 0.15) is 24.8 Å². The van der Waals surface area contributed by atoms with Crippen molar-refractivity contribution in [3.63, 3.8) is 0 Å². The number of allylic oxidation sites excluding steroid dienone is 2. The fourth-order valence-electron chi connectivity index (χ4n) is 1.89. The zero-order valence-electron chi connectivity index (χ0n) is 8.74. The normalized spacial score (nSPS) is 20.9. The molecule has 0 spiro atoms. The molecule has 0 aliphatic heterocycles. The van der Waals surface area contributed by atoms with Gasteiger partial charge in [-0.2, -0.15) is 0 Å². The fraction of sp³-hybridized carbons (Fsp3) is 0.417. The van der Waals surface area contributed by atoms with E-state index in [0.29, 0.717) is 5.88 Å². The van der Waals surface area contributed by atoms with Crippen LogP contribution >= 0.6 is 11.6 Å². The fourth-order valence-corrected chi connectivity index (χ4v) is 2.20. The smallest absolute Gasteiger partial charge is 0.220 e. The zero-order chi connectivity index (χ0) is 10.7. The third kappa shape index (κ3) is 2.32. The molecule has 15 heavy (non-hydrogen) atoms. The minimum absolute atomic E-state index is 0.152. The Hall–Kier alpha value is -1.02. The van der Waals surface area contributed by atoms with E-state index in [1.54, 1.807) is 13.3 Å². The lowest BCUT2D eigenvalue weighted by Crippen LogP contribution is -2.04. The number of pyridine rings is 1. The quantitative estimate of drug-likeness (QED) is 0.718. The van der Waals surface area contributed by atoms with Crippen molar-refractivity contribution in [2.75, 3.05) is 7.11 Å². The standard InChI is InChI=1S/C12H14ClNO/c1-15-12-11(6-3-7-14-12)9-4-2-5-10(13)8-9/h3,6-8,10H,2,4-5H2,1H3. The van der Waals surface area contributed by atoms with Crippen molar-refractivity contribution >= 4 is 17.2 Å². The van der Waals surface area contributed by atoms with Gasteiger partial charge in [-0.05, 0) is 37.0 Å². The van der Waals surface area contributed by atoms with E-state index in [0.717, 1.165) is 24.8 Å². The monoisotopic (exact) mass is 223 g/mol. The summed E-state index contributed by atoms with van der Waals surface area (Å²) in [5.74, 6) is 0.689. The van der Waals surface area contributed by atoms with Crippen LogP contribution in [0, 0.1) is 0 Å². The summed E-state index contributed by atoms with van der Waals surface area (Å²) in [5.41, 5.74) is 2.33. The van der Waals surface area contributed by atoms with Crippen molar-refractivity contribution in [1.82, 2.24) is 4.98 Å². The van der Waals surface area contributed by atoms with E-state index in [-0.39, 0.29) is 5.38 Å². The summed E-state index contributed by atoms with van der Waals surface area (Å²) < 4.78 is 5.24. The molecule has 3 heteroatoms. The Morgan fingerprint density at radius 3 is 3.13 bits per heavy atom. The lowest BCUT2D eigenvalue weighted by Gasteiger charge is -2.17. The molecule has 1 aliphatic carbocycles. The number of aromatic nitrogens is 1. The molecule has 2 nitrogen and oxygen atoms in total. The molecule has 1 heterocycles. The van der Waals surface area contributed by atoms with Gasteiger partial charge in [0.2, 0.25) is 5.88 Å². The first kappa shape index (κ1) is 10.5. The van der Waals surface area contributed by atoms with Gasteiger partial charge in [0.25, 0.3) is 0 Å². The summed E-state index contributed by atoms with van der Waals surface area (Å²) in [6, 6.07) is 3.96. The van der Waals surface area contributed by atoms with Gasteiger partial charge in [-0.15, -0.1) is 11.6 Å². The second kappa shape index (κ2) is 4.67. The van der Waals surface area contributed by atoms with Crippen molar-refractivity contribution in [2.24, 2.45) is 0 Å². The van der Waals surface area contributed by atoms with Gasteiger partial charge in [-0.25, -0.2) is 4.98 Å². The highest BCUT2D eigenvalue weighted by atomic mass is 35.5. The highest BCUT2D eigenvalue weighted by Gasteiger charge is 2.15. The first-order valence-corrected chi connectivity index (χ1v) is 5.59. The van der Waals surface area contributed by atoms with E-state index < -0.39 is 0 Å². The topological polar surface area (TPSA) is 22.1 Å². The molecule has 0 saturated heterocycles. The van der Waals surface area contributed by atoms with Crippen LogP contribution in [0.4, 0.5) is 0 Å². The Labute approximate surface area is 94.9 Å². The summed E-state index contributed by atoms with van der Waals surface area (Å²) in [6.45, 7) is 0. The number of hydrogen-bond donors (Lipinski definition) is 0. The van der Waals surface area contributed by atoms with Gasteiger partial charge in [-0.3, -0.25) is 0 Å². The molecule has 1 aromatic rings.